The summed E-state index contributed by atoms with van der Waals surface area (Å²) in [6.07, 6.45) is -0.140. The first-order valence-corrected chi connectivity index (χ1v) is 11.0. The highest BCUT2D eigenvalue weighted by atomic mass is 16.5. The third kappa shape index (κ3) is 4.78. The Morgan fingerprint density at radius 1 is 0.941 bits per heavy atom. The Balaban J connectivity index is 1.51. The molecule has 2 aromatic carbocycles. The Kier molecular flexibility index (Phi) is 6.63. The number of para-hydroxylation sites is 1. The lowest BCUT2D eigenvalue weighted by molar-refractivity contribution is -0.136. The van der Waals surface area contributed by atoms with Gasteiger partial charge in [-0.1, -0.05) is 24.3 Å². The molecule has 0 saturated carbocycles. The molecule has 0 atom stereocenters. The zero-order valence-electron chi connectivity index (χ0n) is 19.4. The summed E-state index contributed by atoms with van der Waals surface area (Å²) < 4.78 is 13.0. The van der Waals surface area contributed by atoms with Crippen LogP contribution in [0, 0.1) is 20.8 Å². The van der Waals surface area contributed by atoms with Crippen LogP contribution in [-0.4, -0.2) is 39.7 Å². The van der Waals surface area contributed by atoms with Crippen molar-refractivity contribution in [1.82, 2.24) is 9.55 Å². The Morgan fingerprint density at radius 2 is 1.71 bits per heavy atom. The number of hydrogen-bond acceptors (Lipinski definition) is 5. The van der Waals surface area contributed by atoms with Crippen molar-refractivity contribution in [3.8, 4) is 11.6 Å². The van der Waals surface area contributed by atoms with Crippen LogP contribution in [0.5, 0.6) is 11.6 Å². The Bertz CT molecular complexity index is 1370. The summed E-state index contributed by atoms with van der Waals surface area (Å²) in [7, 11) is 0. The van der Waals surface area contributed by atoms with Gasteiger partial charge in [0.15, 0.2) is 0 Å². The fourth-order valence-electron chi connectivity index (χ4n) is 4.06. The predicted octanol–water partition coefficient (Wildman–Crippen LogP) is 4.73. The van der Waals surface area contributed by atoms with E-state index in [9.17, 15) is 14.7 Å². The normalized spacial score (nSPS) is 10.9. The van der Waals surface area contributed by atoms with Gasteiger partial charge >= 0.3 is 5.97 Å². The highest BCUT2D eigenvalue weighted by Crippen LogP contribution is 2.28. The SMILES string of the molecule is Cc1cccc(OCCOc2ccc(C(=O)n3c(C)c(CC(=O)O)c4ccccc43)c(C)c2)n1. The average molecular weight is 459 g/mol. The first-order chi connectivity index (χ1) is 16.3. The Labute approximate surface area is 197 Å². The lowest BCUT2D eigenvalue weighted by atomic mass is 10.1. The zero-order chi connectivity index (χ0) is 24.2. The molecule has 7 nitrogen and oxygen atoms in total. The number of carbonyl (C=O) groups is 2. The monoisotopic (exact) mass is 458 g/mol. The molecule has 34 heavy (non-hydrogen) atoms. The smallest absolute Gasteiger partial charge is 0.307 e. The molecular formula is C27H26N2O5. The Morgan fingerprint density at radius 3 is 2.44 bits per heavy atom. The maximum absolute atomic E-state index is 13.5. The number of hydrogen-bond donors (Lipinski definition) is 1. The van der Waals surface area contributed by atoms with E-state index in [1.807, 2.05) is 56.3 Å². The third-order valence-corrected chi connectivity index (χ3v) is 5.67. The summed E-state index contributed by atoms with van der Waals surface area (Å²) >= 11 is 0. The maximum Gasteiger partial charge on any atom is 0.307 e. The molecule has 174 valence electrons. The summed E-state index contributed by atoms with van der Waals surface area (Å²) in [6.45, 7) is 6.22. The van der Waals surface area contributed by atoms with Gasteiger partial charge in [-0.2, -0.15) is 0 Å². The fraction of sp³-hybridized carbons (Fsp3) is 0.222. The summed E-state index contributed by atoms with van der Waals surface area (Å²) in [5, 5.41) is 10.1. The van der Waals surface area contributed by atoms with E-state index < -0.39 is 5.97 Å². The molecule has 7 heteroatoms. The molecule has 0 aliphatic rings. The predicted molar refractivity (Wildman–Crippen MR) is 129 cm³/mol. The van der Waals surface area contributed by atoms with E-state index in [4.69, 9.17) is 9.47 Å². The molecule has 0 amide bonds. The van der Waals surface area contributed by atoms with Crippen molar-refractivity contribution < 1.29 is 24.2 Å². The molecule has 0 spiro atoms. The number of rotatable bonds is 8. The molecule has 2 heterocycles. The molecule has 0 bridgehead atoms. The molecule has 0 radical (unpaired) electrons. The van der Waals surface area contributed by atoms with E-state index in [0.29, 0.717) is 47.2 Å². The lowest BCUT2D eigenvalue weighted by Crippen LogP contribution is -2.16. The molecule has 0 fully saturated rings. The van der Waals surface area contributed by atoms with Crippen molar-refractivity contribution in [3.05, 3.63) is 88.7 Å². The second-order valence-electron chi connectivity index (χ2n) is 8.08. The van der Waals surface area contributed by atoms with E-state index >= 15 is 0 Å². The van der Waals surface area contributed by atoms with Crippen LogP contribution in [-0.2, 0) is 11.2 Å². The van der Waals surface area contributed by atoms with Gasteiger partial charge in [-0.05, 0) is 62.2 Å². The van der Waals surface area contributed by atoms with Crippen molar-refractivity contribution in [2.45, 2.75) is 27.2 Å². The number of nitrogens with zero attached hydrogens (tertiary/aromatic N) is 2. The number of pyridine rings is 1. The minimum absolute atomic E-state index is 0.140. The van der Waals surface area contributed by atoms with E-state index in [0.717, 1.165) is 16.6 Å². The van der Waals surface area contributed by atoms with Gasteiger partial charge in [-0.3, -0.25) is 14.2 Å². The number of carboxylic acids is 1. The van der Waals surface area contributed by atoms with Crippen LogP contribution in [0.3, 0.4) is 0 Å². The number of benzene rings is 2. The van der Waals surface area contributed by atoms with Crippen LogP contribution in [0.1, 0.15) is 32.9 Å². The first kappa shape index (κ1) is 23.0. The molecule has 1 N–H and O–H groups in total. The minimum atomic E-state index is -0.932. The van der Waals surface area contributed by atoms with Crippen molar-refractivity contribution >= 4 is 22.8 Å². The van der Waals surface area contributed by atoms with Gasteiger partial charge in [0.2, 0.25) is 5.88 Å². The summed E-state index contributed by atoms with van der Waals surface area (Å²) in [5.41, 5.74) is 4.16. The van der Waals surface area contributed by atoms with Crippen LogP contribution >= 0.6 is 0 Å². The van der Waals surface area contributed by atoms with Crippen LogP contribution in [0.4, 0.5) is 0 Å². The number of carboxylic acid groups (broad SMARTS) is 1. The van der Waals surface area contributed by atoms with Gasteiger partial charge in [-0.25, -0.2) is 4.98 Å². The van der Waals surface area contributed by atoms with E-state index in [1.165, 1.54) is 0 Å². The van der Waals surface area contributed by atoms with Gasteiger partial charge in [0, 0.05) is 28.4 Å². The molecule has 0 saturated heterocycles. The highest BCUT2D eigenvalue weighted by molar-refractivity contribution is 6.05. The van der Waals surface area contributed by atoms with Gasteiger partial charge in [0.25, 0.3) is 5.91 Å². The lowest BCUT2D eigenvalue weighted by Gasteiger charge is -2.12. The number of fused-ring (bicyclic) bond motifs is 1. The van der Waals surface area contributed by atoms with Gasteiger partial charge in [0.05, 0.1) is 11.9 Å². The number of aryl methyl sites for hydroxylation is 2. The minimum Gasteiger partial charge on any atom is -0.490 e. The number of aromatic nitrogens is 2. The second-order valence-corrected chi connectivity index (χ2v) is 8.08. The molecule has 0 aliphatic heterocycles. The zero-order valence-corrected chi connectivity index (χ0v) is 19.4. The summed E-state index contributed by atoms with van der Waals surface area (Å²) in [6, 6.07) is 18.3. The van der Waals surface area contributed by atoms with Crippen LogP contribution in [0.15, 0.2) is 60.7 Å². The number of carbonyl (C=O) groups excluding carboxylic acids is 1. The first-order valence-electron chi connectivity index (χ1n) is 11.0. The fourth-order valence-corrected chi connectivity index (χ4v) is 4.06. The highest BCUT2D eigenvalue weighted by Gasteiger charge is 2.22. The van der Waals surface area contributed by atoms with E-state index in [-0.39, 0.29) is 12.3 Å². The van der Waals surface area contributed by atoms with Gasteiger partial charge in [-0.15, -0.1) is 0 Å². The maximum atomic E-state index is 13.5. The number of aliphatic carboxylic acids is 1. The molecule has 2 aromatic heterocycles. The van der Waals surface area contributed by atoms with Crippen LogP contribution in [0.25, 0.3) is 10.9 Å². The largest absolute Gasteiger partial charge is 0.490 e. The van der Waals surface area contributed by atoms with Crippen molar-refractivity contribution in [2.75, 3.05) is 13.2 Å². The average Bonchev–Trinajstić information content (AvgIpc) is 3.07. The van der Waals surface area contributed by atoms with Crippen molar-refractivity contribution in [2.24, 2.45) is 0 Å². The molecule has 4 aromatic rings. The summed E-state index contributed by atoms with van der Waals surface area (Å²) in [5.74, 6) is 0.0503. The Hall–Kier alpha value is -4.13. The second kappa shape index (κ2) is 9.79. The van der Waals surface area contributed by atoms with Gasteiger partial charge < -0.3 is 14.6 Å². The van der Waals surface area contributed by atoms with E-state index in [1.54, 1.807) is 29.7 Å². The van der Waals surface area contributed by atoms with Crippen molar-refractivity contribution in [3.63, 3.8) is 0 Å². The van der Waals surface area contributed by atoms with E-state index in [2.05, 4.69) is 4.98 Å². The van der Waals surface area contributed by atoms with Crippen LogP contribution < -0.4 is 9.47 Å². The van der Waals surface area contributed by atoms with Gasteiger partial charge in [0.1, 0.15) is 19.0 Å². The van der Waals surface area contributed by atoms with Crippen molar-refractivity contribution in [1.29, 1.82) is 0 Å². The quantitative estimate of drug-likeness (QED) is 0.384. The molecule has 0 unspecified atom stereocenters. The third-order valence-electron chi connectivity index (χ3n) is 5.67. The standard InChI is InChI=1S/C27H26N2O5/c1-17-15-20(33-13-14-34-25-10-6-7-18(2)28-25)11-12-21(17)27(32)29-19(3)23(16-26(30)31)22-8-4-5-9-24(22)29/h4-12,15H,13-14,16H2,1-3H3,(H,30,31). The summed E-state index contributed by atoms with van der Waals surface area (Å²) in [4.78, 5) is 29.2. The molecule has 0 aliphatic carbocycles. The van der Waals surface area contributed by atoms with Crippen LogP contribution in [0.2, 0.25) is 0 Å². The topological polar surface area (TPSA) is 90.7 Å². The number of ether oxygens (including phenoxy) is 2. The molecular weight excluding hydrogens is 432 g/mol. The molecule has 4 rings (SSSR count).